The molecule has 2 aromatic rings. The number of benzene rings is 1. The molecule has 1 aromatic heterocycles. The first kappa shape index (κ1) is 18.4. The number of aryl methyl sites for hydroxylation is 2. The van der Waals surface area contributed by atoms with E-state index in [1.807, 2.05) is 0 Å². The normalized spacial score (nSPS) is 12.7. The first-order chi connectivity index (χ1) is 10.5. The van der Waals surface area contributed by atoms with E-state index in [0.29, 0.717) is 16.1 Å². The molecule has 0 atom stereocenters. The highest BCUT2D eigenvalue weighted by molar-refractivity contribution is 7.99. The number of rotatable bonds is 4. The first-order valence-corrected chi connectivity index (χ1v) is 8.01. The monoisotopic (exact) mass is 387 g/mol. The molecule has 0 saturated heterocycles. The van der Waals surface area contributed by atoms with Gasteiger partial charge in [0.2, 0.25) is 0 Å². The van der Waals surface area contributed by atoms with Crippen molar-refractivity contribution in [2.24, 2.45) is 0 Å². The van der Waals surface area contributed by atoms with Crippen LogP contribution in [0.1, 0.15) is 17.0 Å². The maximum atomic E-state index is 13.2. The summed E-state index contributed by atoms with van der Waals surface area (Å²) in [4.78, 5) is 3.90. The molecule has 2 rings (SSSR count). The van der Waals surface area contributed by atoms with E-state index in [1.54, 1.807) is 26.0 Å². The summed E-state index contributed by atoms with van der Waals surface area (Å²) in [5.41, 5.74) is 1.94. The van der Waals surface area contributed by atoms with E-state index in [-0.39, 0.29) is 5.75 Å². The summed E-state index contributed by atoms with van der Waals surface area (Å²) in [6.07, 6.45) is -3.63. The van der Waals surface area contributed by atoms with Crippen molar-refractivity contribution in [2.75, 3.05) is 5.75 Å². The summed E-state index contributed by atoms with van der Waals surface area (Å²) in [6.45, 7) is 3.53. The van der Waals surface area contributed by atoms with Crippen LogP contribution in [-0.2, 0) is 6.18 Å². The Kier molecular flexibility index (Phi) is 5.18. The van der Waals surface area contributed by atoms with Gasteiger partial charge in [-0.2, -0.15) is 13.2 Å². The van der Waals surface area contributed by atoms with E-state index in [9.17, 15) is 17.6 Å². The van der Waals surface area contributed by atoms with E-state index in [4.69, 9.17) is 23.2 Å². The summed E-state index contributed by atoms with van der Waals surface area (Å²) in [5, 5.41) is 3.44. The van der Waals surface area contributed by atoms with Crippen LogP contribution in [0, 0.1) is 13.8 Å². The van der Waals surface area contributed by atoms with Crippen LogP contribution in [0.15, 0.2) is 23.4 Å². The SMILES string of the molecule is Cc1cc(C)c(-n2cnc(C(F)(F)F)n2)cc1SCC(F)(Cl)Cl. The van der Waals surface area contributed by atoms with Crippen molar-refractivity contribution >= 4 is 35.0 Å². The molecule has 1 aromatic carbocycles. The standard InChI is InChI=1S/C13H11Cl2F4N3S/c1-7-3-8(2)10(23-5-12(14,15)16)4-9(7)22-6-20-11(21-22)13(17,18)19/h3-4,6H,5H2,1-2H3. The number of alkyl halides is 6. The van der Waals surface area contributed by atoms with Gasteiger partial charge < -0.3 is 0 Å². The molecule has 0 spiro atoms. The molecule has 0 unspecified atom stereocenters. The Morgan fingerprint density at radius 1 is 1.13 bits per heavy atom. The summed E-state index contributed by atoms with van der Waals surface area (Å²) >= 11 is 11.7. The molecule has 0 aliphatic heterocycles. The van der Waals surface area contributed by atoms with Crippen LogP contribution in [0.4, 0.5) is 17.6 Å². The van der Waals surface area contributed by atoms with Gasteiger partial charge in [0.05, 0.1) is 11.4 Å². The maximum Gasteiger partial charge on any atom is 0.453 e. The van der Waals surface area contributed by atoms with Gasteiger partial charge in [-0.3, -0.25) is 0 Å². The predicted octanol–water partition coefficient (Wildman–Crippen LogP) is 5.10. The van der Waals surface area contributed by atoms with Gasteiger partial charge in [0.25, 0.3) is 10.4 Å². The van der Waals surface area contributed by atoms with Crippen LogP contribution in [0.5, 0.6) is 0 Å². The van der Waals surface area contributed by atoms with Crippen LogP contribution < -0.4 is 0 Å². The minimum atomic E-state index is -4.62. The molecule has 0 bridgehead atoms. The second-order valence-corrected chi connectivity index (χ2v) is 7.23. The fourth-order valence-electron chi connectivity index (χ4n) is 1.89. The third-order valence-electron chi connectivity index (χ3n) is 2.88. The minimum absolute atomic E-state index is 0.218. The molecule has 126 valence electrons. The van der Waals surface area contributed by atoms with E-state index in [1.165, 1.54) is 0 Å². The lowest BCUT2D eigenvalue weighted by molar-refractivity contribution is -0.144. The Morgan fingerprint density at radius 3 is 2.30 bits per heavy atom. The zero-order valence-corrected chi connectivity index (χ0v) is 14.3. The quantitative estimate of drug-likeness (QED) is 0.415. The van der Waals surface area contributed by atoms with E-state index < -0.39 is 16.6 Å². The number of thioether (sulfide) groups is 1. The Morgan fingerprint density at radius 2 is 1.78 bits per heavy atom. The molecule has 23 heavy (non-hydrogen) atoms. The van der Waals surface area contributed by atoms with Crippen LogP contribution in [0.25, 0.3) is 5.69 Å². The first-order valence-electron chi connectivity index (χ1n) is 6.27. The van der Waals surface area contributed by atoms with Crippen molar-refractivity contribution in [3.05, 3.63) is 35.4 Å². The number of hydrogen-bond acceptors (Lipinski definition) is 3. The highest BCUT2D eigenvalue weighted by atomic mass is 35.5. The summed E-state index contributed by atoms with van der Waals surface area (Å²) in [5.74, 6) is -1.44. The molecule has 3 nitrogen and oxygen atoms in total. The van der Waals surface area contributed by atoms with Gasteiger partial charge in [-0.25, -0.2) is 14.1 Å². The molecular weight excluding hydrogens is 377 g/mol. The molecule has 1 heterocycles. The Hall–Kier alpha value is -0.990. The number of nitrogens with zero attached hydrogens (tertiary/aromatic N) is 3. The van der Waals surface area contributed by atoms with Crippen LogP contribution >= 0.6 is 35.0 Å². The van der Waals surface area contributed by atoms with E-state index >= 15 is 0 Å². The molecule has 0 aliphatic rings. The lowest BCUT2D eigenvalue weighted by Crippen LogP contribution is -2.09. The molecular formula is C13H11Cl2F4N3S. The fourth-order valence-corrected chi connectivity index (χ4v) is 3.02. The number of halogens is 6. The second kappa shape index (κ2) is 6.49. The van der Waals surface area contributed by atoms with Crippen molar-refractivity contribution in [1.82, 2.24) is 14.8 Å². The highest BCUT2D eigenvalue weighted by Crippen LogP contribution is 2.34. The van der Waals surface area contributed by atoms with E-state index in [2.05, 4.69) is 10.1 Å². The van der Waals surface area contributed by atoms with Gasteiger partial charge in [-0.05, 0) is 31.0 Å². The molecule has 0 fully saturated rings. The molecule has 0 amide bonds. The zero-order chi connectivity index (χ0) is 17.4. The fraction of sp³-hybridized carbons (Fsp3) is 0.385. The minimum Gasteiger partial charge on any atom is -0.220 e. The summed E-state index contributed by atoms with van der Waals surface area (Å²) < 4.78 is 49.6. The van der Waals surface area contributed by atoms with Gasteiger partial charge in [0.1, 0.15) is 6.33 Å². The van der Waals surface area contributed by atoms with Crippen LogP contribution in [0.3, 0.4) is 0 Å². The third-order valence-corrected chi connectivity index (χ3v) is 4.75. The zero-order valence-electron chi connectivity index (χ0n) is 12.0. The maximum absolute atomic E-state index is 13.2. The Bertz CT molecular complexity index is 710. The molecule has 0 saturated carbocycles. The van der Waals surface area contributed by atoms with Gasteiger partial charge in [-0.1, -0.05) is 29.3 Å². The number of hydrogen-bond donors (Lipinski definition) is 0. The van der Waals surface area contributed by atoms with Crippen molar-refractivity contribution in [1.29, 1.82) is 0 Å². The Balaban J connectivity index is 2.37. The van der Waals surface area contributed by atoms with Crippen molar-refractivity contribution in [3.8, 4) is 5.69 Å². The van der Waals surface area contributed by atoms with Crippen molar-refractivity contribution < 1.29 is 17.6 Å². The lowest BCUT2D eigenvalue weighted by atomic mass is 10.1. The molecule has 0 aliphatic carbocycles. The summed E-state index contributed by atoms with van der Waals surface area (Å²) in [6, 6.07) is 3.36. The van der Waals surface area contributed by atoms with E-state index in [0.717, 1.165) is 28.3 Å². The van der Waals surface area contributed by atoms with Crippen LogP contribution in [0.2, 0.25) is 0 Å². The van der Waals surface area contributed by atoms with Crippen molar-refractivity contribution in [3.63, 3.8) is 0 Å². The van der Waals surface area contributed by atoms with Gasteiger partial charge in [-0.15, -0.1) is 16.9 Å². The Labute approximate surface area is 144 Å². The highest BCUT2D eigenvalue weighted by Gasteiger charge is 2.36. The largest absolute Gasteiger partial charge is 0.453 e. The smallest absolute Gasteiger partial charge is 0.220 e. The molecule has 0 N–H and O–H groups in total. The van der Waals surface area contributed by atoms with Gasteiger partial charge in [0.15, 0.2) is 0 Å². The summed E-state index contributed by atoms with van der Waals surface area (Å²) in [7, 11) is 0. The number of aromatic nitrogens is 3. The van der Waals surface area contributed by atoms with Gasteiger partial charge >= 0.3 is 6.18 Å². The molecule has 10 heteroatoms. The third kappa shape index (κ3) is 4.74. The average Bonchev–Trinajstić information content (AvgIpc) is 2.85. The average molecular weight is 388 g/mol. The lowest BCUT2D eigenvalue weighted by Gasteiger charge is -2.14. The predicted molar refractivity (Wildman–Crippen MR) is 82.1 cm³/mol. The second-order valence-electron chi connectivity index (χ2n) is 4.82. The van der Waals surface area contributed by atoms with Crippen LogP contribution in [-0.4, -0.2) is 25.1 Å². The van der Waals surface area contributed by atoms with Crippen molar-refractivity contribution in [2.45, 2.75) is 29.5 Å². The van der Waals surface area contributed by atoms with Gasteiger partial charge in [0, 0.05) is 4.90 Å². The molecule has 0 radical (unpaired) electrons. The topological polar surface area (TPSA) is 30.7 Å².